The number of aliphatic hydroxyl groups excluding tert-OH is 3. The first-order valence-corrected chi connectivity index (χ1v) is 10.8. The molecule has 1 aromatic heterocycles. The molecular weight excluding hydrogens is 366 g/mol. The number of fused-ring (bicyclic) bond motifs is 1. The topological polar surface area (TPSA) is 115 Å². The van der Waals surface area contributed by atoms with Gasteiger partial charge >= 0.3 is 0 Å². The lowest BCUT2D eigenvalue weighted by atomic mass is 10.0. The summed E-state index contributed by atoms with van der Waals surface area (Å²) in [5, 5.41) is 34.0. The molecule has 8 heteroatoms. The van der Waals surface area contributed by atoms with Crippen LogP contribution in [0.5, 0.6) is 0 Å². The Bertz CT molecular complexity index is 538. The Kier molecular flexibility index (Phi) is 9.64. The molecule has 1 aromatic rings. The molecule has 0 atom stereocenters. The zero-order valence-corrected chi connectivity index (χ0v) is 16.8. The molecule has 27 heavy (non-hydrogen) atoms. The third kappa shape index (κ3) is 7.12. The summed E-state index contributed by atoms with van der Waals surface area (Å²) >= 11 is 1.55. The summed E-state index contributed by atoms with van der Waals surface area (Å²) in [6, 6.07) is 0. The van der Waals surface area contributed by atoms with Gasteiger partial charge in [0.1, 0.15) is 0 Å². The number of hydrogen-bond donors (Lipinski definition) is 5. The van der Waals surface area contributed by atoms with E-state index in [2.05, 4.69) is 15.6 Å². The van der Waals surface area contributed by atoms with E-state index in [4.69, 9.17) is 0 Å². The number of nitrogens with zero attached hydrogens (tertiary/aromatic N) is 1. The number of anilines is 1. The van der Waals surface area contributed by atoms with Crippen LogP contribution in [0.25, 0.3) is 0 Å². The van der Waals surface area contributed by atoms with Gasteiger partial charge in [0.2, 0.25) is 5.91 Å². The summed E-state index contributed by atoms with van der Waals surface area (Å²) < 4.78 is 0. The van der Waals surface area contributed by atoms with Crippen LogP contribution in [-0.4, -0.2) is 58.1 Å². The van der Waals surface area contributed by atoms with Crippen molar-refractivity contribution in [1.29, 1.82) is 0 Å². The minimum atomic E-state index is -1.26. The van der Waals surface area contributed by atoms with Crippen LogP contribution in [0.3, 0.4) is 0 Å². The average molecular weight is 400 g/mol. The van der Waals surface area contributed by atoms with Crippen LogP contribution in [0.4, 0.5) is 5.13 Å². The maximum atomic E-state index is 12.2. The number of carbonyl (C=O) groups is 1. The van der Waals surface area contributed by atoms with E-state index in [0.29, 0.717) is 5.13 Å². The first kappa shape index (κ1) is 22.2. The van der Waals surface area contributed by atoms with Crippen molar-refractivity contribution in [1.82, 2.24) is 10.3 Å². The number of aliphatic hydroxyl groups is 3. The molecule has 7 nitrogen and oxygen atoms in total. The van der Waals surface area contributed by atoms with Gasteiger partial charge in [-0.15, -0.1) is 11.3 Å². The number of hydrogen-bond acceptors (Lipinski definition) is 7. The van der Waals surface area contributed by atoms with Gasteiger partial charge in [-0.3, -0.25) is 10.1 Å². The van der Waals surface area contributed by atoms with E-state index < -0.39 is 25.4 Å². The van der Waals surface area contributed by atoms with Crippen LogP contribution in [-0.2, 0) is 17.6 Å². The quantitative estimate of drug-likeness (QED) is 0.476. The Morgan fingerprint density at radius 2 is 1.48 bits per heavy atom. The molecule has 0 aliphatic heterocycles. The van der Waals surface area contributed by atoms with Crippen molar-refractivity contribution in [3.63, 3.8) is 0 Å². The van der Waals surface area contributed by atoms with Crippen molar-refractivity contribution >= 4 is 22.4 Å². The van der Waals surface area contributed by atoms with Crippen LogP contribution in [0.15, 0.2) is 0 Å². The van der Waals surface area contributed by atoms with E-state index >= 15 is 0 Å². The van der Waals surface area contributed by atoms with Gasteiger partial charge in [0.15, 0.2) is 5.13 Å². The van der Waals surface area contributed by atoms with Crippen LogP contribution >= 0.6 is 11.3 Å². The van der Waals surface area contributed by atoms with Gasteiger partial charge in [-0.1, -0.05) is 38.5 Å². The molecule has 1 aliphatic carbocycles. The van der Waals surface area contributed by atoms with Gasteiger partial charge in [-0.2, -0.15) is 0 Å². The van der Waals surface area contributed by atoms with E-state index in [0.717, 1.165) is 31.4 Å². The Hall–Kier alpha value is -1.06. The molecule has 0 bridgehead atoms. The third-order valence-electron chi connectivity index (χ3n) is 5.12. The highest BCUT2D eigenvalue weighted by molar-refractivity contribution is 7.15. The van der Waals surface area contributed by atoms with Crippen LogP contribution in [0, 0.1) is 0 Å². The van der Waals surface area contributed by atoms with E-state index in [1.54, 1.807) is 11.3 Å². The molecule has 1 amide bonds. The van der Waals surface area contributed by atoms with E-state index in [-0.39, 0.29) is 12.5 Å². The highest BCUT2D eigenvalue weighted by atomic mass is 32.1. The molecule has 0 saturated heterocycles. The summed E-state index contributed by atoms with van der Waals surface area (Å²) in [5.41, 5.74) is -0.151. The van der Waals surface area contributed by atoms with E-state index in [1.165, 1.54) is 43.4 Å². The Balaban J connectivity index is 1.94. The SMILES string of the molecule is O=C(CNC(CO)(CO)CO)Nc1nc2c(s1)CCCCCCCCCC2. The molecule has 0 spiro atoms. The number of aryl methyl sites for hydroxylation is 2. The molecule has 2 rings (SSSR count). The number of amides is 1. The van der Waals surface area contributed by atoms with Gasteiger partial charge in [0.25, 0.3) is 0 Å². The minimum absolute atomic E-state index is 0.119. The van der Waals surface area contributed by atoms with Gasteiger partial charge in [-0.05, 0) is 25.7 Å². The Morgan fingerprint density at radius 1 is 0.926 bits per heavy atom. The van der Waals surface area contributed by atoms with E-state index in [1.807, 2.05) is 0 Å². The summed E-state index contributed by atoms with van der Waals surface area (Å²) in [6.45, 7) is -1.50. The largest absolute Gasteiger partial charge is 0.394 e. The molecule has 1 heterocycles. The molecule has 1 aliphatic rings. The van der Waals surface area contributed by atoms with Crippen molar-refractivity contribution in [2.75, 3.05) is 31.7 Å². The second-order valence-corrected chi connectivity index (χ2v) is 8.46. The number of carbonyl (C=O) groups excluding carboxylic acids is 1. The Labute approximate surface area is 165 Å². The summed E-state index contributed by atoms with van der Waals surface area (Å²) in [4.78, 5) is 18.1. The van der Waals surface area contributed by atoms with Crippen molar-refractivity contribution in [2.45, 2.75) is 69.7 Å². The van der Waals surface area contributed by atoms with E-state index in [9.17, 15) is 20.1 Å². The molecule has 0 fully saturated rings. The van der Waals surface area contributed by atoms with Gasteiger partial charge in [0, 0.05) is 4.88 Å². The summed E-state index contributed by atoms with van der Waals surface area (Å²) in [5.74, 6) is -0.306. The second-order valence-electron chi connectivity index (χ2n) is 7.37. The van der Waals surface area contributed by atoms with Crippen LogP contribution < -0.4 is 10.6 Å². The first-order valence-electron chi connectivity index (χ1n) is 9.98. The molecule has 0 aromatic carbocycles. The summed E-state index contributed by atoms with van der Waals surface area (Å²) in [7, 11) is 0. The zero-order valence-electron chi connectivity index (χ0n) is 16.0. The van der Waals surface area contributed by atoms with Crippen molar-refractivity contribution in [3.05, 3.63) is 10.6 Å². The molecule has 0 unspecified atom stereocenters. The van der Waals surface area contributed by atoms with Crippen LogP contribution in [0.1, 0.15) is 61.9 Å². The fourth-order valence-electron chi connectivity index (χ4n) is 3.22. The first-order chi connectivity index (χ1) is 13.1. The monoisotopic (exact) mass is 399 g/mol. The number of nitrogens with one attached hydrogen (secondary N) is 2. The lowest BCUT2D eigenvalue weighted by molar-refractivity contribution is -0.116. The zero-order chi connectivity index (χ0) is 19.5. The lowest BCUT2D eigenvalue weighted by Crippen LogP contribution is -2.56. The predicted molar refractivity (Wildman–Crippen MR) is 107 cm³/mol. The van der Waals surface area contributed by atoms with Crippen molar-refractivity contribution in [2.24, 2.45) is 0 Å². The smallest absolute Gasteiger partial charge is 0.240 e. The molecule has 5 N–H and O–H groups in total. The normalized spacial score (nSPS) is 16.9. The minimum Gasteiger partial charge on any atom is -0.394 e. The third-order valence-corrected chi connectivity index (χ3v) is 6.20. The number of aromatic nitrogens is 1. The van der Waals surface area contributed by atoms with Gasteiger partial charge < -0.3 is 20.6 Å². The van der Waals surface area contributed by atoms with Crippen LogP contribution in [0.2, 0.25) is 0 Å². The highest BCUT2D eigenvalue weighted by Crippen LogP contribution is 2.27. The maximum Gasteiger partial charge on any atom is 0.240 e. The van der Waals surface area contributed by atoms with Gasteiger partial charge in [0.05, 0.1) is 37.6 Å². The molecule has 0 radical (unpaired) electrons. The number of thiazole rings is 1. The molecule has 0 saturated carbocycles. The van der Waals surface area contributed by atoms with Crippen molar-refractivity contribution < 1.29 is 20.1 Å². The van der Waals surface area contributed by atoms with Crippen molar-refractivity contribution in [3.8, 4) is 0 Å². The number of rotatable bonds is 7. The Morgan fingerprint density at radius 3 is 2.07 bits per heavy atom. The summed E-state index contributed by atoms with van der Waals surface area (Å²) in [6.07, 6.45) is 12.0. The maximum absolute atomic E-state index is 12.2. The fraction of sp³-hybridized carbons (Fsp3) is 0.789. The fourth-order valence-corrected chi connectivity index (χ4v) is 4.28. The predicted octanol–water partition coefficient (Wildman–Crippen LogP) is 1.61. The molecule has 154 valence electrons. The molecular formula is C19H33N3O4S. The lowest BCUT2D eigenvalue weighted by Gasteiger charge is -2.28. The highest BCUT2D eigenvalue weighted by Gasteiger charge is 2.28. The standard InChI is InChI=1S/C19H33N3O4S/c23-12-19(13-24,14-25)20-11-17(26)22-18-21-15-9-7-5-3-1-2-4-6-8-10-16(15)27-18/h20,23-25H,1-14H2,(H,21,22,26). The average Bonchev–Trinajstić information content (AvgIpc) is 3.04. The van der Waals surface area contributed by atoms with Gasteiger partial charge in [-0.25, -0.2) is 4.98 Å². The second kappa shape index (κ2) is 11.7.